The van der Waals surface area contributed by atoms with Crippen LogP contribution >= 0.6 is 11.8 Å². The summed E-state index contributed by atoms with van der Waals surface area (Å²) < 4.78 is 10.1. The molecule has 5 heteroatoms. The molecule has 2 unspecified atom stereocenters. The van der Waals surface area contributed by atoms with Gasteiger partial charge in [-0.05, 0) is 31.2 Å². The van der Waals surface area contributed by atoms with Crippen LogP contribution in [-0.2, 0) is 4.74 Å². The van der Waals surface area contributed by atoms with E-state index in [4.69, 9.17) is 4.42 Å². The van der Waals surface area contributed by atoms with Crippen LogP contribution in [0.2, 0.25) is 0 Å². The van der Waals surface area contributed by atoms with Crippen LogP contribution < -0.4 is 5.32 Å². The second-order valence-electron chi connectivity index (χ2n) is 4.14. The van der Waals surface area contributed by atoms with Crippen LogP contribution in [0.15, 0.2) is 16.5 Å². The van der Waals surface area contributed by atoms with Crippen LogP contribution in [-0.4, -0.2) is 30.6 Å². The van der Waals surface area contributed by atoms with Crippen molar-refractivity contribution in [3.8, 4) is 0 Å². The van der Waals surface area contributed by atoms with Gasteiger partial charge in [0, 0.05) is 11.8 Å². The topological polar surface area (TPSA) is 51.5 Å². The van der Waals surface area contributed by atoms with Gasteiger partial charge in [0.1, 0.15) is 5.76 Å². The molecule has 0 bridgehead atoms. The maximum atomic E-state index is 11.3. The van der Waals surface area contributed by atoms with E-state index in [0.717, 1.165) is 11.5 Å². The van der Waals surface area contributed by atoms with Gasteiger partial charge in [0.15, 0.2) is 0 Å². The van der Waals surface area contributed by atoms with Crippen LogP contribution in [0.3, 0.4) is 0 Å². The van der Waals surface area contributed by atoms with E-state index in [9.17, 15) is 4.79 Å². The molecule has 0 radical (unpaired) electrons. The van der Waals surface area contributed by atoms with Gasteiger partial charge in [-0.1, -0.05) is 0 Å². The molecule has 2 heterocycles. The van der Waals surface area contributed by atoms with Gasteiger partial charge in [0.25, 0.3) is 0 Å². The molecular weight excluding hydrogens is 238 g/mol. The van der Waals surface area contributed by atoms with Crippen LogP contribution in [0.5, 0.6) is 0 Å². The molecule has 1 aliphatic heterocycles. The molecule has 1 N–H and O–H groups in total. The Balaban J connectivity index is 1.96. The number of ether oxygens (including phenoxy) is 1. The fourth-order valence-electron chi connectivity index (χ4n) is 1.90. The normalized spacial score (nSPS) is 21.4. The maximum absolute atomic E-state index is 11.3. The highest BCUT2D eigenvalue weighted by atomic mass is 32.2. The van der Waals surface area contributed by atoms with E-state index < -0.39 is 5.97 Å². The highest BCUT2D eigenvalue weighted by Gasteiger charge is 2.20. The second-order valence-corrected chi connectivity index (χ2v) is 5.29. The summed E-state index contributed by atoms with van der Waals surface area (Å²) >= 11 is 1.97. The second kappa shape index (κ2) is 5.60. The predicted octanol–water partition coefficient (Wildman–Crippen LogP) is 2.22. The molecule has 0 saturated carbocycles. The average molecular weight is 255 g/mol. The van der Waals surface area contributed by atoms with E-state index in [1.165, 1.54) is 19.3 Å². The van der Waals surface area contributed by atoms with Gasteiger partial charge in [-0.3, -0.25) is 0 Å². The molecule has 4 nitrogen and oxygen atoms in total. The van der Waals surface area contributed by atoms with Crippen molar-refractivity contribution in [1.82, 2.24) is 5.32 Å². The lowest BCUT2D eigenvalue weighted by Gasteiger charge is -2.16. The summed E-state index contributed by atoms with van der Waals surface area (Å²) in [5, 5.41) is 3.50. The minimum Gasteiger partial charge on any atom is -0.463 e. The van der Waals surface area contributed by atoms with Gasteiger partial charge in [-0.15, -0.1) is 0 Å². The molecule has 2 rings (SSSR count). The van der Waals surface area contributed by atoms with Crippen molar-refractivity contribution in [2.45, 2.75) is 25.4 Å². The minimum atomic E-state index is -0.431. The first kappa shape index (κ1) is 12.5. The lowest BCUT2D eigenvalue weighted by molar-refractivity contribution is 0.0562. The largest absolute Gasteiger partial charge is 0.463 e. The molecule has 1 saturated heterocycles. The Labute approximate surface area is 105 Å². The Morgan fingerprint density at radius 1 is 1.65 bits per heavy atom. The first-order valence-electron chi connectivity index (χ1n) is 5.72. The van der Waals surface area contributed by atoms with Crippen LogP contribution in [0.1, 0.15) is 35.7 Å². The van der Waals surface area contributed by atoms with E-state index in [-0.39, 0.29) is 11.8 Å². The lowest BCUT2D eigenvalue weighted by Crippen LogP contribution is -2.30. The highest BCUT2D eigenvalue weighted by molar-refractivity contribution is 7.99. The third kappa shape index (κ3) is 3.04. The smallest absolute Gasteiger partial charge is 0.373 e. The van der Waals surface area contributed by atoms with Crippen molar-refractivity contribution in [1.29, 1.82) is 0 Å². The fourth-order valence-corrected chi connectivity index (χ4v) is 3.06. The molecule has 0 aliphatic carbocycles. The summed E-state index contributed by atoms with van der Waals surface area (Å²) in [6.45, 7) is 2.04. The van der Waals surface area contributed by atoms with Crippen LogP contribution in [0, 0.1) is 0 Å². The number of furan rings is 1. The van der Waals surface area contributed by atoms with Crippen molar-refractivity contribution in [3.63, 3.8) is 0 Å². The molecule has 0 aromatic carbocycles. The third-order valence-electron chi connectivity index (χ3n) is 2.86. The predicted molar refractivity (Wildman–Crippen MR) is 67.3 cm³/mol. The van der Waals surface area contributed by atoms with Gasteiger partial charge in [0.05, 0.1) is 13.2 Å². The molecule has 1 fully saturated rings. The third-order valence-corrected chi connectivity index (χ3v) is 4.02. The molecule has 0 spiro atoms. The SMILES string of the molecule is COC(=O)c1ccc(C(C)NC2CCSC2)o1. The van der Waals surface area contributed by atoms with E-state index in [0.29, 0.717) is 6.04 Å². The summed E-state index contributed by atoms with van der Waals surface area (Å²) in [7, 11) is 1.35. The number of esters is 1. The molecule has 0 amide bonds. The van der Waals surface area contributed by atoms with E-state index in [1.807, 2.05) is 24.8 Å². The van der Waals surface area contributed by atoms with Gasteiger partial charge in [0.2, 0.25) is 5.76 Å². The standard InChI is InChI=1S/C12H17NO3S/c1-8(13-9-5-6-17-7-9)10-3-4-11(16-10)12(14)15-2/h3-4,8-9,13H,5-7H2,1-2H3. The maximum Gasteiger partial charge on any atom is 0.373 e. The Hall–Kier alpha value is -0.940. The Morgan fingerprint density at radius 2 is 2.47 bits per heavy atom. The van der Waals surface area contributed by atoms with Crippen molar-refractivity contribution >= 4 is 17.7 Å². The number of carbonyl (C=O) groups is 1. The van der Waals surface area contributed by atoms with Crippen molar-refractivity contribution < 1.29 is 13.9 Å². The number of methoxy groups -OCH3 is 1. The molecule has 1 aromatic heterocycles. The number of thioether (sulfide) groups is 1. The van der Waals surface area contributed by atoms with Gasteiger partial charge < -0.3 is 14.5 Å². The summed E-state index contributed by atoms with van der Waals surface area (Å²) in [6.07, 6.45) is 1.19. The lowest BCUT2D eigenvalue weighted by atomic mass is 10.2. The Bertz CT molecular complexity index is 385. The molecule has 2 atom stereocenters. The average Bonchev–Trinajstić information content (AvgIpc) is 2.98. The van der Waals surface area contributed by atoms with E-state index in [1.54, 1.807) is 6.07 Å². The van der Waals surface area contributed by atoms with Crippen molar-refractivity contribution in [2.75, 3.05) is 18.6 Å². The number of nitrogens with one attached hydrogen (secondary N) is 1. The molecule has 1 aliphatic rings. The van der Waals surface area contributed by atoms with E-state index >= 15 is 0 Å². The van der Waals surface area contributed by atoms with Crippen molar-refractivity contribution in [2.24, 2.45) is 0 Å². The number of hydrogen-bond acceptors (Lipinski definition) is 5. The summed E-state index contributed by atoms with van der Waals surface area (Å²) in [5.74, 6) is 2.98. The first-order chi connectivity index (χ1) is 8.20. The van der Waals surface area contributed by atoms with Crippen LogP contribution in [0.25, 0.3) is 0 Å². The number of rotatable bonds is 4. The zero-order valence-corrected chi connectivity index (χ0v) is 10.9. The molecule has 1 aromatic rings. The van der Waals surface area contributed by atoms with Crippen molar-refractivity contribution in [3.05, 3.63) is 23.7 Å². The van der Waals surface area contributed by atoms with Gasteiger partial charge in [-0.2, -0.15) is 11.8 Å². The summed E-state index contributed by atoms with van der Waals surface area (Å²) in [6, 6.07) is 4.15. The monoisotopic (exact) mass is 255 g/mol. The highest BCUT2D eigenvalue weighted by Crippen LogP contribution is 2.22. The zero-order valence-electron chi connectivity index (χ0n) is 10.1. The Morgan fingerprint density at radius 3 is 3.12 bits per heavy atom. The molecular formula is C12H17NO3S. The number of carbonyl (C=O) groups excluding carboxylic acids is 1. The summed E-state index contributed by atoms with van der Waals surface area (Å²) in [4.78, 5) is 11.3. The number of hydrogen-bond donors (Lipinski definition) is 1. The van der Waals surface area contributed by atoms with E-state index in [2.05, 4.69) is 10.1 Å². The van der Waals surface area contributed by atoms with Gasteiger partial charge in [-0.25, -0.2) is 4.79 Å². The summed E-state index contributed by atoms with van der Waals surface area (Å²) in [5.41, 5.74) is 0. The zero-order chi connectivity index (χ0) is 12.3. The van der Waals surface area contributed by atoms with Gasteiger partial charge >= 0.3 is 5.97 Å². The van der Waals surface area contributed by atoms with Crippen LogP contribution in [0.4, 0.5) is 0 Å². The first-order valence-corrected chi connectivity index (χ1v) is 6.88. The molecule has 17 heavy (non-hydrogen) atoms. The minimum absolute atomic E-state index is 0.122. The fraction of sp³-hybridized carbons (Fsp3) is 0.583. The quantitative estimate of drug-likeness (QED) is 0.836. The molecule has 94 valence electrons. The Kier molecular flexibility index (Phi) is 4.12.